The summed E-state index contributed by atoms with van der Waals surface area (Å²) in [5, 5.41) is 17.5. The standard InChI is InChI=1S/C9H11BrFNO2/c10-6-2-1-5(3-7(6)11)4-8(12)9(13)14/h1-3,8-9,13-14H,4,12H2/t8-/m0/s1. The summed E-state index contributed by atoms with van der Waals surface area (Å²) in [4.78, 5) is 0. The lowest BCUT2D eigenvalue weighted by Gasteiger charge is -2.13. The summed E-state index contributed by atoms with van der Waals surface area (Å²) in [7, 11) is 0. The minimum absolute atomic E-state index is 0.224. The summed E-state index contributed by atoms with van der Waals surface area (Å²) >= 11 is 3.02. The molecular formula is C9H11BrFNO2. The van der Waals surface area contributed by atoms with Crippen LogP contribution in [0.1, 0.15) is 5.56 Å². The van der Waals surface area contributed by atoms with Gasteiger partial charge in [0.25, 0.3) is 0 Å². The quantitative estimate of drug-likeness (QED) is 0.706. The molecule has 4 N–H and O–H groups in total. The Morgan fingerprint density at radius 2 is 2.07 bits per heavy atom. The van der Waals surface area contributed by atoms with Gasteiger partial charge in [-0.3, -0.25) is 0 Å². The van der Waals surface area contributed by atoms with Gasteiger partial charge in [0.2, 0.25) is 0 Å². The van der Waals surface area contributed by atoms with E-state index in [4.69, 9.17) is 15.9 Å². The van der Waals surface area contributed by atoms with E-state index >= 15 is 0 Å². The minimum atomic E-state index is -1.58. The highest BCUT2D eigenvalue weighted by molar-refractivity contribution is 9.10. The van der Waals surface area contributed by atoms with Crippen LogP contribution in [-0.2, 0) is 6.42 Å². The van der Waals surface area contributed by atoms with Gasteiger partial charge in [-0.2, -0.15) is 0 Å². The lowest BCUT2D eigenvalue weighted by molar-refractivity contribution is -0.0577. The van der Waals surface area contributed by atoms with E-state index in [1.807, 2.05) is 0 Å². The highest BCUT2D eigenvalue weighted by Gasteiger charge is 2.12. The molecule has 0 radical (unpaired) electrons. The van der Waals surface area contributed by atoms with E-state index in [1.165, 1.54) is 6.07 Å². The van der Waals surface area contributed by atoms with Gasteiger partial charge in [0.15, 0.2) is 6.29 Å². The van der Waals surface area contributed by atoms with Crippen LogP contribution in [0.2, 0.25) is 0 Å². The van der Waals surface area contributed by atoms with Gasteiger partial charge in [0, 0.05) is 0 Å². The van der Waals surface area contributed by atoms with Crippen molar-refractivity contribution < 1.29 is 14.6 Å². The number of aliphatic hydroxyl groups excluding tert-OH is 1. The zero-order valence-electron chi connectivity index (χ0n) is 7.32. The molecule has 0 aliphatic rings. The maximum Gasteiger partial charge on any atom is 0.167 e. The molecule has 3 nitrogen and oxygen atoms in total. The molecule has 1 aromatic carbocycles. The highest BCUT2D eigenvalue weighted by Crippen LogP contribution is 2.17. The molecule has 0 aliphatic carbocycles. The Hall–Kier alpha value is -0.490. The average molecular weight is 264 g/mol. The molecule has 0 spiro atoms. The van der Waals surface area contributed by atoms with Gasteiger partial charge in [-0.25, -0.2) is 4.39 Å². The normalized spacial score (nSPS) is 13.3. The fourth-order valence-corrected chi connectivity index (χ4v) is 1.29. The number of halogens is 2. The van der Waals surface area contributed by atoms with Crippen LogP contribution in [-0.4, -0.2) is 22.5 Å². The summed E-state index contributed by atoms with van der Waals surface area (Å²) in [5.41, 5.74) is 6.03. The van der Waals surface area contributed by atoms with E-state index in [-0.39, 0.29) is 12.2 Å². The maximum atomic E-state index is 13.0. The molecule has 0 fully saturated rings. The second-order valence-electron chi connectivity index (χ2n) is 3.03. The summed E-state index contributed by atoms with van der Waals surface area (Å²) in [6, 6.07) is 3.75. The van der Waals surface area contributed by atoms with E-state index in [1.54, 1.807) is 12.1 Å². The predicted molar refractivity (Wildman–Crippen MR) is 54.0 cm³/mol. The number of benzene rings is 1. The third kappa shape index (κ3) is 3.02. The first-order chi connectivity index (χ1) is 6.50. The molecular weight excluding hydrogens is 253 g/mol. The topological polar surface area (TPSA) is 66.5 Å². The Kier molecular flexibility index (Phi) is 4.00. The van der Waals surface area contributed by atoms with Crippen LogP contribution in [0.4, 0.5) is 4.39 Å². The van der Waals surface area contributed by atoms with Crippen LogP contribution < -0.4 is 5.73 Å². The van der Waals surface area contributed by atoms with Crippen LogP contribution in [0.25, 0.3) is 0 Å². The number of hydrogen-bond acceptors (Lipinski definition) is 3. The van der Waals surface area contributed by atoms with Crippen molar-refractivity contribution in [2.75, 3.05) is 0 Å². The lowest BCUT2D eigenvalue weighted by Crippen LogP contribution is -2.36. The molecule has 0 aliphatic heterocycles. The molecule has 0 aromatic heterocycles. The van der Waals surface area contributed by atoms with Crippen molar-refractivity contribution in [2.45, 2.75) is 18.8 Å². The van der Waals surface area contributed by atoms with Crippen LogP contribution >= 0.6 is 15.9 Å². The van der Waals surface area contributed by atoms with Gasteiger partial charge in [-0.05, 0) is 40.0 Å². The maximum absolute atomic E-state index is 13.0. The van der Waals surface area contributed by atoms with Gasteiger partial charge in [0.05, 0.1) is 10.5 Å². The second-order valence-corrected chi connectivity index (χ2v) is 3.88. The van der Waals surface area contributed by atoms with Crippen molar-refractivity contribution in [3.8, 4) is 0 Å². The highest BCUT2D eigenvalue weighted by atomic mass is 79.9. The zero-order valence-corrected chi connectivity index (χ0v) is 8.91. The van der Waals surface area contributed by atoms with Gasteiger partial charge in [-0.15, -0.1) is 0 Å². The third-order valence-electron chi connectivity index (χ3n) is 1.84. The molecule has 0 saturated heterocycles. The fraction of sp³-hybridized carbons (Fsp3) is 0.333. The van der Waals surface area contributed by atoms with E-state index in [2.05, 4.69) is 15.9 Å². The van der Waals surface area contributed by atoms with Crippen molar-refractivity contribution in [1.29, 1.82) is 0 Å². The van der Waals surface area contributed by atoms with E-state index in [9.17, 15) is 4.39 Å². The Morgan fingerprint density at radius 1 is 1.43 bits per heavy atom. The zero-order chi connectivity index (χ0) is 10.7. The molecule has 0 saturated carbocycles. The van der Waals surface area contributed by atoms with E-state index in [0.29, 0.717) is 10.0 Å². The number of nitrogens with two attached hydrogens (primary N) is 1. The van der Waals surface area contributed by atoms with E-state index < -0.39 is 12.3 Å². The summed E-state index contributed by atoms with van der Waals surface area (Å²) in [6.45, 7) is 0. The molecule has 0 bridgehead atoms. The second kappa shape index (κ2) is 4.84. The average Bonchev–Trinajstić information content (AvgIpc) is 2.11. The van der Waals surface area contributed by atoms with Crippen molar-refractivity contribution in [3.05, 3.63) is 34.1 Å². The lowest BCUT2D eigenvalue weighted by atomic mass is 10.1. The summed E-state index contributed by atoms with van der Waals surface area (Å²) in [5.74, 6) is -0.387. The van der Waals surface area contributed by atoms with E-state index in [0.717, 1.165) is 0 Å². The van der Waals surface area contributed by atoms with Gasteiger partial charge in [0.1, 0.15) is 5.82 Å². The summed E-state index contributed by atoms with van der Waals surface area (Å²) in [6.07, 6.45) is -1.36. The minimum Gasteiger partial charge on any atom is -0.367 e. The predicted octanol–water partition coefficient (Wildman–Crippen LogP) is 0.769. The Labute approximate surface area is 89.5 Å². The Morgan fingerprint density at radius 3 is 2.57 bits per heavy atom. The molecule has 0 amide bonds. The molecule has 0 unspecified atom stereocenters. The molecule has 1 atom stereocenters. The van der Waals surface area contributed by atoms with Crippen LogP contribution in [0, 0.1) is 5.82 Å². The van der Waals surface area contributed by atoms with Gasteiger partial charge >= 0.3 is 0 Å². The first-order valence-electron chi connectivity index (χ1n) is 4.06. The Bertz CT molecular complexity index is 320. The number of aliphatic hydroxyl groups is 2. The smallest absolute Gasteiger partial charge is 0.167 e. The molecule has 14 heavy (non-hydrogen) atoms. The van der Waals surface area contributed by atoms with Crippen molar-refractivity contribution in [2.24, 2.45) is 5.73 Å². The first-order valence-corrected chi connectivity index (χ1v) is 4.85. The molecule has 78 valence electrons. The largest absolute Gasteiger partial charge is 0.367 e. The number of hydrogen-bond donors (Lipinski definition) is 3. The molecule has 5 heteroatoms. The molecule has 1 rings (SSSR count). The SMILES string of the molecule is N[C@@H](Cc1ccc(Br)c(F)c1)C(O)O. The van der Waals surface area contributed by atoms with Crippen molar-refractivity contribution in [3.63, 3.8) is 0 Å². The first kappa shape index (κ1) is 11.6. The van der Waals surface area contributed by atoms with Crippen LogP contribution in [0.3, 0.4) is 0 Å². The Balaban J connectivity index is 2.73. The number of rotatable bonds is 3. The third-order valence-corrected chi connectivity index (χ3v) is 2.48. The molecule has 0 heterocycles. The fourth-order valence-electron chi connectivity index (χ4n) is 1.04. The monoisotopic (exact) mass is 263 g/mol. The summed E-state index contributed by atoms with van der Waals surface area (Å²) < 4.78 is 13.4. The van der Waals surface area contributed by atoms with Gasteiger partial charge in [-0.1, -0.05) is 6.07 Å². The van der Waals surface area contributed by atoms with Crippen molar-refractivity contribution >= 4 is 15.9 Å². The van der Waals surface area contributed by atoms with Crippen molar-refractivity contribution in [1.82, 2.24) is 0 Å². The molecule has 1 aromatic rings. The van der Waals surface area contributed by atoms with Crippen LogP contribution in [0.5, 0.6) is 0 Å². The van der Waals surface area contributed by atoms with Crippen LogP contribution in [0.15, 0.2) is 22.7 Å². The van der Waals surface area contributed by atoms with Gasteiger partial charge < -0.3 is 15.9 Å².